The molecule has 0 bridgehead atoms. The molecule has 1 aromatic rings. The number of nitrogens with two attached hydrogens (primary N) is 1. The highest BCUT2D eigenvalue weighted by atomic mass is 32.2. The molecule has 0 aromatic carbocycles. The van der Waals surface area contributed by atoms with Crippen LogP contribution in [0.5, 0.6) is 0 Å². The molecule has 0 radical (unpaired) electrons. The lowest BCUT2D eigenvalue weighted by atomic mass is 10.1. The molecule has 1 aliphatic heterocycles. The number of Topliss-reactive ketones (excluding diaryl/α,β-unsaturated/α-hetero) is 1. The SMILES string of the molecule is CC(=O)c1sc(NCC2CCCCO2)c(S(C)(=O)=O)c1N. The predicted octanol–water partition coefficient (Wildman–Crippen LogP) is 1.92. The normalized spacial score (nSPS) is 19.4. The summed E-state index contributed by atoms with van der Waals surface area (Å²) in [7, 11) is -3.50. The Kier molecular flexibility index (Phi) is 4.90. The minimum absolute atomic E-state index is 0.0218. The summed E-state index contributed by atoms with van der Waals surface area (Å²) in [6.45, 7) is 2.62. The number of carbonyl (C=O) groups excluding carboxylic acids is 1. The van der Waals surface area contributed by atoms with Crippen molar-refractivity contribution in [3.05, 3.63) is 4.88 Å². The number of ketones is 1. The first kappa shape index (κ1) is 16.3. The van der Waals surface area contributed by atoms with Crippen molar-refractivity contribution in [1.82, 2.24) is 0 Å². The van der Waals surface area contributed by atoms with Gasteiger partial charge in [0.1, 0.15) is 9.90 Å². The van der Waals surface area contributed by atoms with Crippen LogP contribution in [0.3, 0.4) is 0 Å². The van der Waals surface area contributed by atoms with Crippen LogP contribution in [0.4, 0.5) is 10.7 Å². The molecule has 3 N–H and O–H groups in total. The van der Waals surface area contributed by atoms with E-state index in [0.717, 1.165) is 43.5 Å². The first-order chi connectivity index (χ1) is 9.80. The molecular formula is C13H20N2O4S2. The molecule has 21 heavy (non-hydrogen) atoms. The maximum Gasteiger partial charge on any atom is 0.180 e. The smallest absolute Gasteiger partial charge is 0.180 e. The number of rotatable bonds is 5. The average molecular weight is 332 g/mol. The number of ether oxygens (including phenoxy) is 1. The third-order valence-electron chi connectivity index (χ3n) is 3.35. The van der Waals surface area contributed by atoms with Gasteiger partial charge in [-0.05, 0) is 19.3 Å². The highest BCUT2D eigenvalue weighted by molar-refractivity contribution is 7.91. The molecule has 8 heteroatoms. The van der Waals surface area contributed by atoms with Gasteiger partial charge in [-0.1, -0.05) is 0 Å². The van der Waals surface area contributed by atoms with Crippen molar-refractivity contribution in [1.29, 1.82) is 0 Å². The summed E-state index contributed by atoms with van der Waals surface area (Å²) < 4.78 is 29.4. The van der Waals surface area contributed by atoms with E-state index < -0.39 is 9.84 Å². The quantitative estimate of drug-likeness (QED) is 0.799. The third kappa shape index (κ3) is 3.75. The standard InChI is InChI=1S/C13H20N2O4S2/c1-8(16)11-10(14)12(21(2,17)18)13(20-11)15-7-9-5-3-4-6-19-9/h9,15H,3-7,14H2,1-2H3. The second-order valence-electron chi connectivity index (χ2n) is 5.20. The van der Waals surface area contributed by atoms with E-state index in [-0.39, 0.29) is 27.3 Å². The van der Waals surface area contributed by atoms with E-state index >= 15 is 0 Å². The fourth-order valence-electron chi connectivity index (χ4n) is 2.35. The second-order valence-corrected chi connectivity index (χ2v) is 8.17. The largest absolute Gasteiger partial charge is 0.396 e. The fraction of sp³-hybridized carbons (Fsp3) is 0.615. The van der Waals surface area contributed by atoms with Crippen molar-refractivity contribution in [3.63, 3.8) is 0 Å². The van der Waals surface area contributed by atoms with Gasteiger partial charge in [0.2, 0.25) is 0 Å². The number of anilines is 2. The molecule has 1 fully saturated rings. The van der Waals surface area contributed by atoms with Gasteiger partial charge in [-0.15, -0.1) is 11.3 Å². The first-order valence-electron chi connectivity index (χ1n) is 6.79. The Hall–Kier alpha value is -1.12. The van der Waals surface area contributed by atoms with Gasteiger partial charge in [0.05, 0.1) is 16.7 Å². The molecule has 1 atom stereocenters. The van der Waals surface area contributed by atoms with Crippen LogP contribution >= 0.6 is 11.3 Å². The maximum atomic E-state index is 11.9. The molecule has 0 aliphatic carbocycles. The van der Waals surface area contributed by atoms with Crippen LogP contribution in [0.25, 0.3) is 0 Å². The van der Waals surface area contributed by atoms with E-state index in [1.807, 2.05) is 0 Å². The third-order valence-corrected chi connectivity index (χ3v) is 5.91. The van der Waals surface area contributed by atoms with Gasteiger partial charge in [-0.3, -0.25) is 4.79 Å². The van der Waals surface area contributed by atoms with Gasteiger partial charge in [0, 0.05) is 26.3 Å². The molecule has 0 amide bonds. The molecule has 1 aromatic heterocycles. The van der Waals surface area contributed by atoms with E-state index in [1.165, 1.54) is 6.92 Å². The highest BCUT2D eigenvalue weighted by Crippen LogP contribution is 2.39. The summed E-state index contributed by atoms with van der Waals surface area (Å²) in [6.07, 6.45) is 4.27. The van der Waals surface area contributed by atoms with Gasteiger partial charge in [-0.25, -0.2) is 8.42 Å². The van der Waals surface area contributed by atoms with E-state index in [2.05, 4.69) is 5.32 Å². The summed E-state index contributed by atoms with van der Waals surface area (Å²) in [5.74, 6) is -0.232. The van der Waals surface area contributed by atoms with Crippen molar-refractivity contribution in [3.8, 4) is 0 Å². The molecule has 0 spiro atoms. The molecular weight excluding hydrogens is 312 g/mol. The van der Waals surface area contributed by atoms with E-state index in [1.54, 1.807) is 0 Å². The topological polar surface area (TPSA) is 98.5 Å². The van der Waals surface area contributed by atoms with Gasteiger partial charge in [0.15, 0.2) is 15.6 Å². The van der Waals surface area contributed by atoms with Crippen molar-refractivity contribution >= 4 is 37.6 Å². The molecule has 6 nitrogen and oxygen atoms in total. The van der Waals surface area contributed by atoms with Crippen LogP contribution in [0.2, 0.25) is 0 Å². The number of hydrogen-bond acceptors (Lipinski definition) is 7. The summed E-state index contributed by atoms with van der Waals surface area (Å²) in [5, 5.41) is 3.51. The number of thiophene rings is 1. The van der Waals surface area contributed by atoms with Gasteiger partial charge < -0.3 is 15.8 Å². The lowest BCUT2D eigenvalue weighted by molar-refractivity contribution is 0.0248. The molecule has 118 valence electrons. The summed E-state index contributed by atoms with van der Waals surface area (Å²) in [6, 6.07) is 0. The van der Waals surface area contributed by atoms with E-state index in [4.69, 9.17) is 10.5 Å². The van der Waals surface area contributed by atoms with Gasteiger partial charge in [-0.2, -0.15) is 0 Å². The van der Waals surface area contributed by atoms with Crippen LogP contribution in [-0.2, 0) is 14.6 Å². The van der Waals surface area contributed by atoms with Crippen molar-refractivity contribution in [2.75, 3.05) is 30.5 Å². The van der Waals surface area contributed by atoms with Crippen LogP contribution in [0.15, 0.2) is 4.90 Å². The number of sulfone groups is 1. The highest BCUT2D eigenvalue weighted by Gasteiger charge is 2.26. The lowest BCUT2D eigenvalue weighted by Crippen LogP contribution is -2.27. The van der Waals surface area contributed by atoms with Crippen LogP contribution < -0.4 is 11.1 Å². The van der Waals surface area contributed by atoms with Crippen LogP contribution in [0, 0.1) is 0 Å². The number of nitrogens with one attached hydrogen (secondary N) is 1. The Bertz CT molecular complexity index is 631. The van der Waals surface area contributed by atoms with Gasteiger partial charge >= 0.3 is 0 Å². The molecule has 1 aliphatic rings. The Morgan fingerprint density at radius 1 is 1.48 bits per heavy atom. The fourth-order valence-corrected chi connectivity index (χ4v) is 4.82. The van der Waals surface area contributed by atoms with Crippen LogP contribution in [0.1, 0.15) is 35.9 Å². The molecule has 1 saturated heterocycles. The summed E-state index contributed by atoms with van der Waals surface area (Å²) in [4.78, 5) is 11.8. The summed E-state index contributed by atoms with van der Waals surface area (Å²) >= 11 is 1.09. The van der Waals surface area contributed by atoms with Gasteiger partial charge in [0.25, 0.3) is 0 Å². The molecule has 2 rings (SSSR count). The van der Waals surface area contributed by atoms with E-state index in [0.29, 0.717) is 11.5 Å². The Balaban J connectivity index is 2.25. The number of nitrogen functional groups attached to an aromatic ring is 1. The minimum Gasteiger partial charge on any atom is -0.396 e. The molecule has 1 unspecified atom stereocenters. The van der Waals surface area contributed by atoms with E-state index in [9.17, 15) is 13.2 Å². The zero-order valence-corrected chi connectivity index (χ0v) is 13.8. The van der Waals surface area contributed by atoms with Crippen molar-refractivity contribution in [2.24, 2.45) is 0 Å². The summed E-state index contributed by atoms with van der Waals surface area (Å²) in [5.41, 5.74) is 5.88. The monoisotopic (exact) mass is 332 g/mol. The predicted molar refractivity (Wildman–Crippen MR) is 83.9 cm³/mol. The second kappa shape index (κ2) is 6.33. The average Bonchev–Trinajstić information content (AvgIpc) is 2.74. The number of hydrogen-bond donors (Lipinski definition) is 2. The molecule has 0 saturated carbocycles. The van der Waals surface area contributed by atoms with Crippen molar-refractivity contribution in [2.45, 2.75) is 37.2 Å². The Morgan fingerprint density at radius 3 is 2.71 bits per heavy atom. The zero-order chi connectivity index (χ0) is 15.6. The maximum absolute atomic E-state index is 11.9. The molecule has 2 heterocycles. The van der Waals surface area contributed by atoms with Crippen molar-refractivity contribution < 1.29 is 17.9 Å². The Labute approximate surface area is 128 Å². The lowest BCUT2D eigenvalue weighted by Gasteiger charge is -2.23. The zero-order valence-electron chi connectivity index (χ0n) is 12.1. The Morgan fingerprint density at radius 2 is 2.19 bits per heavy atom. The minimum atomic E-state index is -3.50. The first-order valence-corrected chi connectivity index (χ1v) is 9.50. The number of carbonyl (C=O) groups is 1. The van der Waals surface area contributed by atoms with Crippen LogP contribution in [-0.4, -0.2) is 39.7 Å².